The minimum atomic E-state index is -4.51. The molecule has 1 atom stereocenters. The molecule has 1 aromatic heterocycles. The van der Waals surface area contributed by atoms with Crippen molar-refractivity contribution in [2.45, 2.75) is 38.5 Å². The summed E-state index contributed by atoms with van der Waals surface area (Å²) in [5, 5.41) is 12.2. The van der Waals surface area contributed by atoms with Gasteiger partial charge in [-0.2, -0.15) is 13.2 Å². The van der Waals surface area contributed by atoms with Crippen molar-refractivity contribution in [2.24, 2.45) is 0 Å². The summed E-state index contributed by atoms with van der Waals surface area (Å²) in [5.41, 5.74) is -0.736. The van der Waals surface area contributed by atoms with E-state index >= 15 is 0 Å². The Labute approximate surface area is 138 Å². The van der Waals surface area contributed by atoms with Crippen LogP contribution >= 0.6 is 0 Å². The summed E-state index contributed by atoms with van der Waals surface area (Å²) in [5.74, 6) is -0.177. The van der Waals surface area contributed by atoms with E-state index in [9.17, 15) is 23.1 Å². The summed E-state index contributed by atoms with van der Waals surface area (Å²) in [6, 6.07) is 0.893. The first-order valence-corrected chi connectivity index (χ1v) is 7.83. The number of hydrogen-bond donors (Lipinski definition) is 2. The predicted octanol–water partition coefficient (Wildman–Crippen LogP) is 0.919. The topological polar surface area (TPSA) is 78.4 Å². The maximum atomic E-state index is 12.7. The summed E-state index contributed by atoms with van der Waals surface area (Å²) < 4.78 is 38.1. The van der Waals surface area contributed by atoms with Crippen molar-refractivity contribution in [3.05, 3.63) is 23.3 Å². The van der Waals surface area contributed by atoms with Crippen LogP contribution in [0.2, 0.25) is 0 Å². The second-order valence-corrected chi connectivity index (χ2v) is 5.94. The highest BCUT2D eigenvalue weighted by Gasteiger charge is 2.33. The van der Waals surface area contributed by atoms with Crippen LogP contribution in [0.15, 0.2) is 6.07 Å². The molecule has 0 saturated carbocycles. The maximum Gasteiger partial charge on any atom is 0.433 e. The summed E-state index contributed by atoms with van der Waals surface area (Å²) in [6.45, 7) is 3.01. The Morgan fingerprint density at radius 1 is 1.46 bits per heavy atom. The highest BCUT2D eigenvalue weighted by Crippen LogP contribution is 2.27. The van der Waals surface area contributed by atoms with Gasteiger partial charge in [0.1, 0.15) is 11.5 Å². The number of rotatable bonds is 5. The van der Waals surface area contributed by atoms with Crippen molar-refractivity contribution in [3.8, 4) is 0 Å². The highest BCUT2D eigenvalue weighted by molar-refractivity contribution is 5.78. The molecule has 134 valence electrons. The van der Waals surface area contributed by atoms with E-state index in [1.807, 2.05) is 4.90 Å². The van der Waals surface area contributed by atoms with E-state index < -0.39 is 18.0 Å². The molecule has 6 nitrogen and oxygen atoms in total. The molecule has 1 fully saturated rings. The van der Waals surface area contributed by atoms with Gasteiger partial charge in [-0.15, -0.1) is 0 Å². The Bertz CT molecular complexity index is 580. The lowest BCUT2D eigenvalue weighted by Crippen LogP contribution is -2.44. The fourth-order valence-electron chi connectivity index (χ4n) is 2.63. The smallest absolute Gasteiger partial charge is 0.392 e. The Balaban J connectivity index is 1.81. The Kier molecular flexibility index (Phi) is 6.11. The van der Waals surface area contributed by atoms with Crippen LogP contribution in [0.1, 0.15) is 30.1 Å². The fourth-order valence-corrected chi connectivity index (χ4v) is 2.63. The number of carbonyl (C=O) groups excluding carboxylic acids is 1. The van der Waals surface area contributed by atoms with Crippen molar-refractivity contribution in [1.29, 1.82) is 0 Å². The van der Waals surface area contributed by atoms with Gasteiger partial charge in [-0.3, -0.25) is 9.69 Å². The number of aliphatic hydroxyl groups is 1. The van der Waals surface area contributed by atoms with E-state index in [1.165, 1.54) is 6.92 Å². The number of aliphatic hydroxyl groups excluding tert-OH is 1. The molecule has 0 aliphatic carbocycles. The lowest BCUT2D eigenvalue weighted by molar-refractivity contribution is -0.141. The van der Waals surface area contributed by atoms with E-state index in [2.05, 4.69) is 15.3 Å². The molecule has 2 N–H and O–H groups in total. The van der Waals surface area contributed by atoms with Crippen LogP contribution in [0.3, 0.4) is 0 Å². The van der Waals surface area contributed by atoms with Crippen LogP contribution in [-0.2, 0) is 17.4 Å². The van der Waals surface area contributed by atoms with E-state index in [0.717, 1.165) is 25.5 Å². The lowest BCUT2D eigenvalue weighted by atomic mass is 10.1. The normalized spacial score (nSPS) is 19.3. The zero-order chi connectivity index (χ0) is 17.7. The number of carbonyl (C=O) groups is 1. The largest absolute Gasteiger partial charge is 0.433 e. The van der Waals surface area contributed by atoms with Crippen molar-refractivity contribution < 1.29 is 23.1 Å². The molecule has 2 rings (SSSR count). The Morgan fingerprint density at radius 3 is 2.88 bits per heavy atom. The van der Waals surface area contributed by atoms with Gasteiger partial charge in [-0.25, -0.2) is 9.97 Å². The number of halogens is 3. The lowest BCUT2D eigenvalue weighted by Gasteiger charge is -2.29. The second-order valence-electron chi connectivity index (χ2n) is 5.94. The number of nitrogens with zero attached hydrogens (tertiary/aromatic N) is 3. The molecule has 2 heterocycles. The van der Waals surface area contributed by atoms with E-state index in [-0.39, 0.29) is 36.9 Å². The van der Waals surface area contributed by atoms with Crippen LogP contribution in [0.5, 0.6) is 0 Å². The molecule has 0 spiro atoms. The van der Waals surface area contributed by atoms with Gasteiger partial charge in [0, 0.05) is 25.2 Å². The SMILES string of the molecule is Cc1cc(C(F)(F)F)nc(CCNC(=O)CN2CCCC(O)C2)n1. The molecule has 1 unspecified atom stereocenters. The molecule has 0 radical (unpaired) electrons. The minimum absolute atomic E-state index is 0.0519. The van der Waals surface area contributed by atoms with Crippen molar-refractivity contribution in [3.63, 3.8) is 0 Å². The van der Waals surface area contributed by atoms with Crippen LogP contribution < -0.4 is 5.32 Å². The zero-order valence-corrected chi connectivity index (χ0v) is 13.4. The Hall–Kier alpha value is -1.74. The molecule has 0 aromatic carbocycles. The van der Waals surface area contributed by atoms with Gasteiger partial charge in [-0.1, -0.05) is 0 Å². The van der Waals surface area contributed by atoms with Gasteiger partial charge in [0.2, 0.25) is 5.91 Å². The number of alkyl halides is 3. The average Bonchev–Trinajstić information content (AvgIpc) is 2.45. The van der Waals surface area contributed by atoms with Crippen LogP contribution in [0.25, 0.3) is 0 Å². The zero-order valence-electron chi connectivity index (χ0n) is 13.4. The molecule has 1 amide bonds. The number of aromatic nitrogens is 2. The maximum absolute atomic E-state index is 12.7. The van der Waals surface area contributed by atoms with Crippen molar-refractivity contribution >= 4 is 5.91 Å². The molecule has 24 heavy (non-hydrogen) atoms. The third-order valence-corrected chi connectivity index (χ3v) is 3.71. The molecule has 1 aliphatic heterocycles. The monoisotopic (exact) mass is 346 g/mol. The predicted molar refractivity (Wildman–Crippen MR) is 80.2 cm³/mol. The van der Waals surface area contributed by atoms with Crippen molar-refractivity contribution in [2.75, 3.05) is 26.2 Å². The number of likely N-dealkylation sites (tertiary alicyclic amines) is 1. The van der Waals surface area contributed by atoms with Crippen molar-refractivity contribution in [1.82, 2.24) is 20.2 Å². The Morgan fingerprint density at radius 2 is 2.21 bits per heavy atom. The molecular formula is C15H21F3N4O2. The summed E-state index contributed by atoms with van der Waals surface area (Å²) in [4.78, 5) is 21.2. The molecular weight excluding hydrogens is 325 g/mol. The molecule has 9 heteroatoms. The van der Waals surface area contributed by atoms with Crippen LogP contribution in [0.4, 0.5) is 13.2 Å². The second kappa shape index (κ2) is 7.89. The number of hydrogen-bond acceptors (Lipinski definition) is 5. The summed E-state index contributed by atoms with van der Waals surface area (Å²) in [6.07, 6.45) is -3.22. The number of amides is 1. The van der Waals surface area contributed by atoms with Gasteiger partial charge in [0.25, 0.3) is 0 Å². The third-order valence-electron chi connectivity index (χ3n) is 3.71. The molecule has 1 aliphatic rings. The third kappa shape index (κ3) is 5.72. The average molecular weight is 346 g/mol. The van der Waals surface area contributed by atoms with E-state index in [4.69, 9.17) is 0 Å². The van der Waals surface area contributed by atoms with Gasteiger partial charge in [-0.05, 0) is 32.4 Å². The summed E-state index contributed by atoms with van der Waals surface area (Å²) in [7, 11) is 0. The first-order valence-electron chi connectivity index (χ1n) is 7.83. The van der Waals surface area contributed by atoms with Crippen LogP contribution in [-0.4, -0.2) is 58.2 Å². The molecule has 1 saturated heterocycles. The van der Waals surface area contributed by atoms with E-state index in [1.54, 1.807) is 0 Å². The number of nitrogens with one attached hydrogen (secondary N) is 1. The van der Waals surface area contributed by atoms with Gasteiger partial charge in [0.15, 0.2) is 0 Å². The quantitative estimate of drug-likeness (QED) is 0.829. The summed E-state index contributed by atoms with van der Waals surface area (Å²) >= 11 is 0. The fraction of sp³-hybridized carbons (Fsp3) is 0.667. The number of aryl methyl sites for hydroxylation is 1. The van der Waals surface area contributed by atoms with Gasteiger partial charge >= 0.3 is 6.18 Å². The highest BCUT2D eigenvalue weighted by atomic mass is 19.4. The standard InChI is InChI=1S/C15H21F3N4O2/c1-10-7-12(15(16,17)18)21-13(20-10)4-5-19-14(24)9-22-6-2-3-11(23)8-22/h7,11,23H,2-6,8-9H2,1H3,(H,19,24). The van der Waals surface area contributed by atoms with Gasteiger partial charge in [0.05, 0.1) is 12.6 Å². The van der Waals surface area contributed by atoms with Crippen LogP contribution in [0, 0.1) is 6.92 Å². The van der Waals surface area contributed by atoms with E-state index in [0.29, 0.717) is 6.54 Å². The first kappa shape index (κ1) is 18.6. The minimum Gasteiger partial charge on any atom is -0.392 e. The molecule has 1 aromatic rings. The molecule has 0 bridgehead atoms. The number of piperidine rings is 1. The first-order chi connectivity index (χ1) is 11.2. The van der Waals surface area contributed by atoms with Gasteiger partial charge < -0.3 is 10.4 Å². The number of β-amino-alcohol motifs (C(OH)–C–C–N with tert-alkyl or cyclic N) is 1.